The summed E-state index contributed by atoms with van der Waals surface area (Å²) in [7, 11) is 0. The van der Waals surface area contributed by atoms with E-state index in [0.717, 1.165) is 69.0 Å². The highest BCUT2D eigenvalue weighted by Crippen LogP contribution is 2.30. The van der Waals surface area contributed by atoms with Crippen LogP contribution in [0.3, 0.4) is 0 Å². The summed E-state index contributed by atoms with van der Waals surface area (Å²) in [5.41, 5.74) is 1.30. The van der Waals surface area contributed by atoms with E-state index in [9.17, 15) is 4.79 Å². The number of fused-ring (bicyclic) bond motifs is 1. The van der Waals surface area contributed by atoms with Crippen LogP contribution < -0.4 is 4.90 Å². The molecule has 2 fully saturated rings. The van der Waals surface area contributed by atoms with Crippen LogP contribution in [0.1, 0.15) is 25.5 Å². The molecule has 2 aliphatic rings. The van der Waals surface area contributed by atoms with E-state index in [1.54, 1.807) is 0 Å². The van der Waals surface area contributed by atoms with Crippen LogP contribution in [-0.2, 0) is 4.79 Å². The molecule has 2 aromatic rings. The molecule has 1 amide bonds. The summed E-state index contributed by atoms with van der Waals surface area (Å²) in [6.07, 6.45) is 3.44. The first-order valence-electron chi connectivity index (χ1n) is 9.50. The summed E-state index contributed by atoms with van der Waals surface area (Å²) in [6.45, 7) is 10.4. The number of likely N-dealkylation sites (N-methyl/N-ethyl adjacent to an activating group) is 1. The van der Waals surface area contributed by atoms with Crippen molar-refractivity contribution >= 4 is 22.8 Å². The first kappa shape index (κ1) is 17.2. The highest BCUT2D eigenvalue weighted by atomic mass is 16.5. The average molecular weight is 358 g/mol. The Morgan fingerprint density at radius 2 is 2.04 bits per heavy atom. The molecule has 0 saturated carbocycles. The molecule has 26 heavy (non-hydrogen) atoms. The van der Waals surface area contributed by atoms with E-state index in [0.29, 0.717) is 12.3 Å². The van der Waals surface area contributed by atoms with Crippen LogP contribution in [0.5, 0.6) is 0 Å². The van der Waals surface area contributed by atoms with Gasteiger partial charge in [0.1, 0.15) is 17.5 Å². The second-order valence-electron chi connectivity index (χ2n) is 7.19. The van der Waals surface area contributed by atoms with E-state index in [1.807, 2.05) is 11.8 Å². The van der Waals surface area contributed by atoms with Crippen LogP contribution in [0, 0.1) is 12.8 Å². The summed E-state index contributed by atoms with van der Waals surface area (Å²) in [6, 6.07) is 0. The molecule has 4 rings (SSSR count). The Morgan fingerprint density at radius 3 is 2.81 bits per heavy atom. The third-order valence-corrected chi connectivity index (χ3v) is 5.62. The Bertz CT molecular complexity index is 783. The van der Waals surface area contributed by atoms with Gasteiger partial charge in [-0.2, -0.15) is 4.98 Å². The fraction of sp³-hybridized carbons (Fsp3) is 0.667. The van der Waals surface area contributed by atoms with Gasteiger partial charge in [0.25, 0.3) is 5.71 Å². The lowest BCUT2D eigenvalue weighted by atomic mass is 9.96. The number of hydrogen-bond acceptors (Lipinski definition) is 7. The number of carbonyl (C=O) groups excluding carboxylic acids is 1. The SMILES string of the molecule is CCN1CCN(C(=O)[C@H]2CCCN(c3ncnc4onc(C)c34)C2)CC1. The van der Waals surface area contributed by atoms with Crippen LogP contribution in [-0.4, -0.2) is 76.6 Å². The molecule has 0 aromatic carbocycles. The van der Waals surface area contributed by atoms with Crippen molar-refractivity contribution in [3.8, 4) is 0 Å². The van der Waals surface area contributed by atoms with Gasteiger partial charge >= 0.3 is 0 Å². The minimum atomic E-state index is 0.0297. The molecule has 2 saturated heterocycles. The number of amides is 1. The molecule has 140 valence electrons. The Balaban J connectivity index is 1.49. The molecule has 0 aliphatic carbocycles. The van der Waals surface area contributed by atoms with Crippen molar-refractivity contribution < 1.29 is 9.32 Å². The zero-order valence-electron chi connectivity index (χ0n) is 15.5. The van der Waals surface area contributed by atoms with Gasteiger partial charge in [-0.05, 0) is 26.3 Å². The number of carbonyl (C=O) groups is 1. The highest BCUT2D eigenvalue weighted by molar-refractivity contribution is 5.88. The topological polar surface area (TPSA) is 78.6 Å². The van der Waals surface area contributed by atoms with Gasteiger partial charge in [0.05, 0.1) is 11.6 Å². The van der Waals surface area contributed by atoms with Gasteiger partial charge in [0, 0.05) is 39.3 Å². The van der Waals surface area contributed by atoms with Gasteiger partial charge in [-0.15, -0.1) is 0 Å². The smallest absolute Gasteiger partial charge is 0.263 e. The Labute approximate surface area is 153 Å². The third-order valence-electron chi connectivity index (χ3n) is 5.62. The number of piperazine rings is 1. The highest BCUT2D eigenvalue weighted by Gasteiger charge is 2.32. The molecule has 1 atom stereocenters. The minimum absolute atomic E-state index is 0.0297. The standard InChI is InChI=1S/C18H26N6O2/c1-3-22-7-9-23(10-8-22)18(25)14-5-4-6-24(11-14)16-15-13(2)21-26-17(15)20-12-19-16/h12,14H,3-11H2,1-2H3/t14-/m0/s1. The number of piperidine rings is 1. The Hall–Kier alpha value is -2.22. The molecule has 0 spiro atoms. The largest absolute Gasteiger partial charge is 0.355 e. The van der Waals surface area contributed by atoms with Gasteiger partial charge < -0.3 is 19.2 Å². The first-order chi connectivity index (χ1) is 12.7. The lowest BCUT2D eigenvalue weighted by Gasteiger charge is -2.39. The molecular weight excluding hydrogens is 332 g/mol. The lowest BCUT2D eigenvalue weighted by molar-refractivity contribution is -0.137. The monoisotopic (exact) mass is 358 g/mol. The molecule has 0 unspecified atom stereocenters. The molecular formula is C18H26N6O2. The normalized spacial score (nSPS) is 22.2. The van der Waals surface area contributed by atoms with Crippen molar-refractivity contribution in [2.45, 2.75) is 26.7 Å². The molecule has 4 heterocycles. The summed E-state index contributed by atoms with van der Waals surface area (Å²) in [4.78, 5) is 28.3. The summed E-state index contributed by atoms with van der Waals surface area (Å²) < 4.78 is 5.26. The maximum absolute atomic E-state index is 13.0. The molecule has 0 bridgehead atoms. The molecule has 0 N–H and O–H groups in total. The van der Waals surface area contributed by atoms with Crippen LogP contribution >= 0.6 is 0 Å². The molecule has 8 nitrogen and oxygen atoms in total. The van der Waals surface area contributed by atoms with E-state index in [-0.39, 0.29) is 11.8 Å². The van der Waals surface area contributed by atoms with Crippen LogP contribution in [0.4, 0.5) is 5.82 Å². The molecule has 2 aliphatic heterocycles. The Morgan fingerprint density at radius 1 is 1.23 bits per heavy atom. The van der Waals surface area contributed by atoms with E-state index in [4.69, 9.17) is 4.52 Å². The maximum Gasteiger partial charge on any atom is 0.263 e. The summed E-state index contributed by atoms with van der Waals surface area (Å²) >= 11 is 0. The number of rotatable bonds is 3. The van der Waals surface area contributed by atoms with Crippen molar-refractivity contribution in [1.82, 2.24) is 24.9 Å². The van der Waals surface area contributed by atoms with Crippen molar-refractivity contribution in [3.05, 3.63) is 12.0 Å². The average Bonchev–Trinajstić information content (AvgIpc) is 3.09. The predicted molar refractivity (Wildman–Crippen MR) is 98.0 cm³/mol. The minimum Gasteiger partial charge on any atom is -0.355 e. The third kappa shape index (κ3) is 3.13. The summed E-state index contributed by atoms with van der Waals surface area (Å²) in [5, 5.41) is 4.87. The van der Waals surface area contributed by atoms with Crippen molar-refractivity contribution in [2.75, 3.05) is 50.7 Å². The number of aryl methyl sites for hydroxylation is 1. The fourth-order valence-electron chi connectivity index (χ4n) is 4.06. The molecule has 2 aromatic heterocycles. The number of anilines is 1. The van der Waals surface area contributed by atoms with E-state index < -0.39 is 0 Å². The van der Waals surface area contributed by atoms with Gasteiger partial charge in [0.2, 0.25) is 5.91 Å². The second-order valence-corrected chi connectivity index (χ2v) is 7.19. The first-order valence-corrected chi connectivity index (χ1v) is 9.50. The number of hydrogen-bond donors (Lipinski definition) is 0. The fourth-order valence-corrected chi connectivity index (χ4v) is 4.06. The summed E-state index contributed by atoms with van der Waals surface area (Å²) in [5.74, 6) is 1.15. The lowest BCUT2D eigenvalue weighted by Crippen LogP contribution is -2.52. The quantitative estimate of drug-likeness (QED) is 0.818. The van der Waals surface area contributed by atoms with E-state index in [1.165, 1.54) is 6.33 Å². The van der Waals surface area contributed by atoms with E-state index in [2.05, 4.69) is 31.8 Å². The molecule has 8 heteroatoms. The zero-order chi connectivity index (χ0) is 18.1. The van der Waals surface area contributed by atoms with Crippen LogP contribution in [0.15, 0.2) is 10.9 Å². The van der Waals surface area contributed by atoms with Gasteiger partial charge in [-0.25, -0.2) is 4.98 Å². The zero-order valence-corrected chi connectivity index (χ0v) is 15.5. The Kier molecular flexibility index (Phi) is 4.76. The second kappa shape index (κ2) is 7.19. The molecule has 0 radical (unpaired) electrons. The van der Waals surface area contributed by atoms with Gasteiger partial charge in [-0.3, -0.25) is 4.79 Å². The number of nitrogens with zero attached hydrogens (tertiary/aromatic N) is 6. The number of aromatic nitrogens is 3. The van der Waals surface area contributed by atoms with Crippen molar-refractivity contribution in [3.63, 3.8) is 0 Å². The van der Waals surface area contributed by atoms with Gasteiger partial charge in [-0.1, -0.05) is 12.1 Å². The van der Waals surface area contributed by atoms with Crippen LogP contribution in [0.2, 0.25) is 0 Å². The predicted octanol–water partition coefficient (Wildman–Crippen LogP) is 1.31. The van der Waals surface area contributed by atoms with Crippen LogP contribution in [0.25, 0.3) is 11.1 Å². The van der Waals surface area contributed by atoms with Crippen molar-refractivity contribution in [1.29, 1.82) is 0 Å². The van der Waals surface area contributed by atoms with Gasteiger partial charge in [0.15, 0.2) is 0 Å². The van der Waals surface area contributed by atoms with Crippen molar-refractivity contribution in [2.24, 2.45) is 5.92 Å². The van der Waals surface area contributed by atoms with E-state index >= 15 is 0 Å². The maximum atomic E-state index is 13.0.